The second-order valence-corrected chi connectivity index (χ2v) is 8.23. The summed E-state index contributed by atoms with van der Waals surface area (Å²) in [5.74, 6) is 1.07. The predicted molar refractivity (Wildman–Crippen MR) is 119 cm³/mol. The highest BCUT2D eigenvalue weighted by molar-refractivity contribution is 14.0. The number of halogens is 1. The first-order valence-corrected chi connectivity index (χ1v) is 10.0. The lowest BCUT2D eigenvalue weighted by atomic mass is 9.68. The Morgan fingerprint density at radius 3 is 2.27 bits per heavy atom. The van der Waals surface area contributed by atoms with Gasteiger partial charge < -0.3 is 10.2 Å². The van der Waals surface area contributed by atoms with Gasteiger partial charge in [0, 0.05) is 33.2 Å². The molecular weight excluding hydrogens is 435 g/mol. The molecule has 0 unspecified atom stereocenters. The van der Waals surface area contributed by atoms with Gasteiger partial charge in [-0.05, 0) is 61.7 Å². The average Bonchev–Trinajstić information content (AvgIpc) is 3.26. The molecule has 5 heteroatoms. The smallest absolute Gasteiger partial charge is 0.193 e. The summed E-state index contributed by atoms with van der Waals surface area (Å²) in [5, 5.41) is 3.57. The fraction of sp³-hybridized carbons (Fsp3) is 0.667. The second kappa shape index (κ2) is 8.91. The van der Waals surface area contributed by atoms with Gasteiger partial charge in [0.1, 0.15) is 0 Å². The first kappa shape index (κ1) is 19.9. The van der Waals surface area contributed by atoms with Crippen molar-refractivity contribution in [2.75, 3.05) is 33.2 Å². The van der Waals surface area contributed by atoms with E-state index in [1.807, 2.05) is 7.05 Å². The van der Waals surface area contributed by atoms with Crippen LogP contribution in [0.1, 0.15) is 49.7 Å². The molecule has 0 amide bonds. The highest BCUT2D eigenvalue weighted by Crippen LogP contribution is 2.47. The maximum atomic E-state index is 4.52. The lowest BCUT2D eigenvalue weighted by Crippen LogP contribution is -2.42. The van der Waals surface area contributed by atoms with Crippen molar-refractivity contribution in [1.29, 1.82) is 0 Å². The summed E-state index contributed by atoms with van der Waals surface area (Å²) >= 11 is 0. The summed E-state index contributed by atoms with van der Waals surface area (Å²) in [6, 6.07) is 9.11. The zero-order valence-corrected chi connectivity index (χ0v) is 18.4. The third-order valence-corrected chi connectivity index (χ3v) is 6.44. The Morgan fingerprint density at radius 2 is 1.69 bits per heavy atom. The van der Waals surface area contributed by atoms with E-state index in [4.69, 9.17) is 0 Å². The Balaban J connectivity index is 0.00000196. The molecular formula is C21H33IN4. The van der Waals surface area contributed by atoms with Crippen molar-refractivity contribution in [2.45, 2.75) is 51.6 Å². The standard InChI is InChI=1S/C21H32N4.HI/c1-22-20(25-14-11-21(17-25)9-4-10-21)23-15-18-5-7-19(8-6-18)16-24-12-2-3-13-24;/h5-8H,2-4,9-17H2,1H3,(H,22,23);1H. The molecule has 0 atom stereocenters. The number of hydrogen-bond acceptors (Lipinski definition) is 2. The lowest BCUT2D eigenvalue weighted by molar-refractivity contribution is 0.151. The molecule has 1 saturated carbocycles. The molecule has 0 bridgehead atoms. The monoisotopic (exact) mass is 468 g/mol. The summed E-state index contributed by atoms with van der Waals surface area (Å²) in [4.78, 5) is 9.53. The minimum atomic E-state index is 0. The van der Waals surface area contributed by atoms with E-state index in [9.17, 15) is 0 Å². The van der Waals surface area contributed by atoms with E-state index >= 15 is 0 Å². The number of likely N-dealkylation sites (tertiary alicyclic amines) is 2. The maximum absolute atomic E-state index is 4.52. The lowest BCUT2D eigenvalue weighted by Gasteiger charge is -2.38. The molecule has 2 aliphatic heterocycles. The van der Waals surface area contributed by atoms with Gasteiger partial charge in [-0.1, -0.05) is 30.7 Å². The van der Waals surface area contributed by atoms with Crippen molar-refractivity contribution < 1.29 is 0 Å². The predicted octanol–water partition coefficient (Wildman–Crippen LogP) is 3.85. The van der Waals surface area contributed by atoms with E-state index in [2.05, 4.69) is 44.4 Å². The van der Waals surface area contributed by atoms with Crippen molar-refractivity contribution in [3.63, 3.8) is 0 Å². The van der Waals surface area contributed by atoms with Crippen LogP contribution in [-0.2, 0) is 13.1 Å². The molecule has 1 aromatic rings. The Kier molecular flexibility index (Phi) is 6.83. The highest BCUT2D eigenvalue weighted by Gasteiger charge is 2.43. The van der Waals surface area contributed by atoms with E-state index in [0.29, 0.717) is 5.41 Å². The molecule has 1 aromatic carbocycles. The topological polar surface area (TPSA) is 30.9 Å². The average molecular weight is 468 g/mol. The van der Waals surface area contributed by atoms with Crippen LogP contribution >= 0.6 is 24.0 Å². The van der Waals surface area contributed by atoms with Gasteiger partial charge in [-0.2, -0.15) is 0 Å². The Hall–Kier alpha value is -0.820. The van der Waals surface area contributed by atoms with Crippen LogP contribution in [0, 0.1) is 5.41 Å². The molecule has 2 saturated heterocycles. The van der Waals surface area contributed by atoms with Crippen molar-refractivity contribution in [1.82, 2.24) is 15.1 Å². The fourth-order valence-corrected chi connectivity index (χ4v) is 4.68. The van der Waals surface area contributed by atoms with Gasteiger partial charge in [0.05, 0.1) is 0 Å². The largest absolute Gasteiger partial charge is 0.352 e. The van der Waals surface area contributed by atoms with E-state index in [1.165, 1.54) is 69.3 Å². The number of nitrogens with zero attached hydrogens (tertiary/aromatic N) is 3. The molecule has 4 nitrogen and oxygen atoms in total. The Bertz CT molecular complexity index is 603. The SMILES string of the molecule is CN=C(NCc1ccc(CN2CCCC2)cc1)N1CCC2(CCC2)C1.I. The van der Waals surface area contributed by atoms with Gasteiger partial charge in [-0.3, -0.25) is 9.89 Å². The van der Waals surface area contributed by atoms with Crippen LogP contribution in [-0.4, -0.2) is 49.0 Å². The summed E-state index contributed by atoms with van der Waals surface area (Å²) in [7, 11) is 1.91. The Morgan fingerprint density at radius 1 is 1.00 bits per heavy atom. The van der Waals surface area contributed by atoms with Gasteiger partial charge in [0.15, 0.2) is 5.96 Å². The van der Waals surface area contributed by atoms with Crippen LogP contribution in [0.15, 0.2) is 29.3 Å². The van der Waals surface area contributed by atoms with Crippen molar-refractivity contribution in [2.24, 2.45) is 10.4 Å². The van der Waals surface area contributed by atoms with Gasteiger partial charge in [-0.15, -0.1) is 24.0 Å². The van der Waals surface area contributed by atoms with Crippen LogP contribution in [0.3, 0.4) is 0 Å². The maximum Gasteiger partial charge on any atom is 0.193 e. The normalized spacial score (nSPS) is 22.3. The molecule has 0 radical (unpaired) electrons. The van der Waals surface area contributed by atoms with Crippen LogP contribution in [0.25, 0.3) is 0 Å². The highest BCUT2D eigenvalue weighted by atomic mass is 127. The summed E-state index contributed by atoms with van der Waals surface area (Å²) in [5.41, 5.74) is 3.39. The number of benzene rings is 1. The van der Waals surface area contributed by atoms with Gasteiger partial charge in [0.25, 0.3) is 0 Å². The zero-order chi connectivity index (χ0) is 17.1. The molecule has 3 fully saturated rings. The van der Waals surface area contributed by atoms with Crippen LogP contribution in [0.5, 0.6) is 0 Å². The van der Waals surface area contributed by atoms with Crippen molar-refractivity contribution in [3.05, 3.63) is 35.4 Å². The molecule has 1 N–H and O–H groups in total. The third-order valence-electron chi connectivity index (χ3n) is 6.44. The molecule has 3 aliphatic rings. The van der Waals surface area contributed by atoms with Gasteiger partial charge >= 0.3 is 0 Å². The second-order valence-electron chi connectivity index (χ2n) is 8.23. The zero-order valence-electron chi connectivity index (χ0n) is 16.0. The summed E-state index contributed by atoms with van der Waals surface area (Å²) in [6.07, 6.45) is 8.32. The van der Waals surface area contributed by atoms with E-state index in [1.54, 1.807) is 0 Å². The van der Waals surface area contributed by atoms with E-state index in [0.717, 1.165) is 25.6 Å². The molecule has 26 heavy (non-hydrogen) atoms. The molecule has 0 aromatic heterocycles. The molecule has 1 spiro atoms. The van der Waals surface area contributed by atoms with Crippen molar-refractivity contribution >= 4 is 29.9 Å². The van der Waals surface area contributed by atoms with Crippen LogP contribution in [0.4, 0.5) is 0 Å². The number of hydrogen-bond donors (Lipinski definition) is 1. The number of aliphatic imine (C=N–C) groups is 1. The Labute approximate surface area is 175 Å². The van der Waals surface area contributed by atoms with Crippen LogP contribution in [0.2, 0.25) is 0 Å². The first-order chi connectivity index (χ1) is 12.3. The van der Waals surface area contributed by atoms with Gasteiger partial charge in [-0.25, -0.2) is 0 Å². The van der Waals surface area contributed by atoms with Crippen LogP contribution < -0.4 is 5.32 Å². The third kappa shape index (κ3) is 4.53. The molecule has 2 heterocycles. The molecule has 4 rings (SSSR count). The minimum absolute atomic E-state index is 0. The first-order valence-electron chi connectivity index (χ1n) is 10.0. The molecule has 144 valence electrons. The number of nitrogens with one attached hydrogen (secondary N) is 1. The molecule has 1 aliphatic carbocycles. The quantitative estimate of drug-likeness (QED) is 0.414. The minimum Gasteiger partial charge on any atom is -0.352 e. The van der Waals surface area contributed by atoms with E-state index in [-0.39, 0.29) is 24.0 Å². The van der Waals surface area contributed by atoms with E-state index < -0.39 is 0 Å². The van der Waals surface area contributed by atoms with Gasteiger partial charge in [0.2, 0.25) is 0 Å². The van der Waals surface area contributed by atoms with Crippen molar-refractivity contribution in [3.8, 4) is 0 Å². The number of guanidine groups is 1. The summed E-state index contributed by atoms with van der Waals surface area (Å²) in [6.45, 7) is 6.84. The number of rotatable bonds is 4. The summed E-state index contributed by atoms with van der Waals surface area (Å²) < 4.78 is 0. The fourth-order valence-electron chi connectivity index (χ4n) is 4.68.